The molecule has 4 aromatic carbocycles. The third-order valence-corrected chi connectivity index (χ3v) is 10.6. The maximum Gasteiger partial charge on any atom is 0.0351 e. The maximum absolute atomic E-state index is 4.15. The van der Waals surface area contributed by atoms with Crippen LogP contribution in [0.15, 0.2) is 156 Å². The first-order chi connectivity index (χ1) is 24.7. The molecule has 0 atom stereocenters. The van der Waals surface area contributed by atoms with Crippen molar-refractivity contribution in [3.8, 4) is 0 Å². The van der Waals surface area contributed by atoms with Gasteiger partial charge in [0.05, 0.1) is 0 Å². The van der Waals surface area contributed by atoms with Crippen molar-refractivity contribution in [2.75, 3.05) is 0 Å². The zero-order chi connectivity index (χ0) is 33.8. The standard InChI is InChI=1S/2C21H21N3S/c1-2-8-20-16-24(15-19(20)7-1)25-21-9-3-5-17(11-21)12-23-14-18-6-4-10-22-13-18;1-2-6-20-16-24(15-19(20)5-1)25-21-7-3-4-18(12-21)14-23-13-17-8-10-22-11-9-17/h1-11,13,23H,12,14-16H2;1-12,23H,13-16H2. The lowest BCUT2D eigenvalue weighted by atomic mass is 10.1. The number of fused-ring (bicyclic) bond motifs is 2. The number of rotatable bonds is 12. The molecule has 0 saturated carbocycles. The van der Waals surface area contributed by atoms with Crippen LogP contribution in [0.4, 0.5) is 0 Å². The Labute approximate surface area is 304 Å². The van der Waals surface area contributed by atoms with Gasteiger partial charge in [0.15, 0.2) is 0 Å². The Bertz CT molecular complexity index is 1760. The molecule has 0 aliphatic carbocycles. The van der Waals surface area contributed by atoms with E-state index in [1.807, 2.05) is 60.7 Å². The summed E-state index contributed by atoms with van der Waals surface area (Å²) in [5, 5.41) is 6.99. The Morgan fingerprint density at radius 2 is 0.900 bits per heavy atom. The number of benzene rings is 4. The van der Waals surface area contributed by atoms with E-state index < -0.39 is 0 Å². The first kappa shape index (κ1) is 34.2. The fourth-order valence-corrected chi connectivity index (χ4v) is 8.26. The van der Waals surface area contributed by atoms with Crippen LogP contribution in [0.2, 0.25) is 0 Å². The second-order valence-corrected chi connectivity index (χ2v) is 14.9. The van der Waals surface area contributed by atoms with E-state index >= 15 is 0 Å². The maximum atomic E-state index is 4.15. The summed E-state index contributed by atoms with van der Waals surface area (Å²) in [7, 11) is 0. The molecule has 0 unspecified atom stereocenters. The summed E-state index contributed by atoms with van der Waals surface area (Å²) in [6, 6.07) is 43.2. The fraction of sp³-hybridized carbons (Fsp3) is 0.190. The van der Waals surface area contributed by atoms with Gasteiger partial charge in [-0.25, -0.2) is 8.61 Å². The summed E-state index contributed by atoms with van der Waals surface area (Å²) >= 11 is 3.70. The largest absolute Gasteiger partial charge is 0.309 e. The molecule has 252 valence electrons. The molecule has 4 heterocycles. The van der Waals surface area contributed by atoms with Gasteiger partial charge in [0.2, 0.25) is 0 Å². The van der Waals surface area contributed by atoms with E-state index in [2.05, 4.69) is 132 Å². The van der Waals surface area contributed by atoms with E-state index in [0.717, 1.165) is 52.4 Å². The van der Waals surface area contributed by atoms with Crippen LogP contribution in [-0.2, 0) is 52.4 Å². The van der Waals surface area contributed by atoms with Gasteiger partial charge in [-0.3, -0.25) is 9.97 Å². The number of hydrogen-bond donors (Lipinski definition) is 2. The molecule has 2 N–H and O–H groups in total. The van der Waals surface area contributed by atoms with Gasteiger partial charge in [-0.05, 0) is 111 Å². The Morgan fingerprint density at radius 1 is 0.440 bits per heavy atom. The topological polar surface area (TPSA) is 56.3 Å². The van der Waals surface area contributed by atoms with Gasteiger partial charge in [0.25, 0.3) is 0 Å². The third kappa shape index (κ3) is 9.91. The molecule has 8 rings (SSSR count). The van der Waals surface area contributed by atoms with Gasteiger partial charge < -0.3 is 10.6 Å². The van der Waals surface area contributed by atoms with Crippen molar-refractivity contribution >= 4 is 23.9 Å². The molecule has 0 amide bonds. The highest BCUT2D eigenvalue weighted by Crippen LogP contribution is 2.34. The molecule has 6 aromatic rings. The Balaban J connectivity index is 0.000000157. The summed E-state index contributed by atoms with van der Waals surface area (Å²) in [4.78, 5) is 10.8. The molecular formula is C42H42N6S2. The Kier molecular flexibility index (Phi) is 12.0. The fourth-order valence-electron chi connectivity index (χ4n) is 6.16. The number of hydrogen-bond acceptors (Lipinski definition) is 8. The highest BCUT2D eigenvalue weighted by Gasteiger charge is 2.20. The summed E-state index contributed by atoms with van der Waals surface area (Å²) in [6.45, 7) is 7.51. The average molecular weight is 695 g/mol. The van der Waals surface area contributed by atoms with E-state index in [4.69, 9.17) is 0 Å². The first-order valence-corrected chi connectivity index (χ1v) is 18.6. The van der Waals surface area contributed by atoms with Gasteiger partial charge in [0, 0.05) is 86.9 Å². The van der Waals surface area contributed by atoms with Crippen LogP contribution in [0.25, 0.3) is 0 Å². The molecule has 0 saturated heterocycles. The summed E-state index contributed by atoms with van der Waals surface area (Å²) < 4.78 is 4.85. The van der Waals surface area contributed by atoms with Crippen LogP contribution in [0.5, 0.6) is 0 Å². The van der Waals surface area contributed by atoms with E-state index in [1.165, 1.54) is 54.3 Å². The highest BCUT2D eigenvalue weighted by molar-refractivity contribution is 7.97. The van der Waals surface area contributed by atoms with Crippen molar-refractivity contribution in [2.45, 2.75) is 62.1 Å². The zero-order valence-electron chi connectivity index (χ0n) is 28.1. The van der Waals surface area contributed by atoms with Crippen molar-refractivity contribution < 1.29 is 0 Å². The van der Waals surface area contributed by atoms with Crippen molar-refractivity contribution in [1.29, 1.82) is 0 Å². The minimum Gasteiger partial charge on any atom is -0.309 e. The predicted octanol–water partition coefficient (Wildman–Crippen LogP) is 8.79. The van der Waals surface area contributed by atoms with Crippen LogP contribution >= 0.6 is 23.9 Å². The second-order valence-electron chi connectivity index (χ2n) is 12.5. The first-order valence-electron chi connectivity index (χ1n) is 17.1. The molecule has 8 heteroatoms. The molecule has 0 fully saturated rings. The van der Waals surface area contributed by atoms with Crippen molar-refractivity contribution in [3.05, 3.63) is 191 Å². The molecule has 0 radical (unpaired) electrons. The predicted molar refractivity (Wildman–Crippen MR) is 206 cm³/mol. The number of nitrogens with zero attached hydrogens (tertiary/aromatic N) is 4. The van der Waals surface area contributed by atoms with E-state index in [1.54, 1.807) is 6.20 Å². The van der Waals surface area contributed by atoms with Crippen LogP contribution in [0.1, 0.15) is 44.5 Å². The van der Waals surface area contributed by atoms with E-state index in [9.17, 15) is 0 Å². The number of pyridine rings is 2. The molecule has 2 aliphatic heterocycles. The number of aromatic nitrogens is 2. The average Bonchev–Trinajstić information content (AvgIpc) is 3.76. The van der Waals surface area contributed by atoms with Crippen LogP contribution in [0, 0.1) is 0 Å². The highest BCUT2D eigenvalue weighted by atomic mass is 32.2. The monoisotopic (exact) mass is 694 g/mol. The lowest BCUT2D eigenvalue weighted by molar-refractivity contribution is 0.509. The number of nitrogens with one attached hydrogen (secondary N) is 2. The van der Waals surface area contributed by atoms with Crippen molar-refractivity contribution in [3.63, 3.8) is 0 Å². The van der Waals surface area contributed by atoms with Gasteiger partial charge in [-0.2, -0.15) is 0 Å². The van der Waals surface area contributed by atoms with Gasteiger partial charge in [-0.1, -0.05) is 78.9 Å². The SMILES string of the molecule is c1cc(CNCc2ccncc2)cc(SN2Cc3ccccc3C2)c1.c1cncc(CNCc2cccc(SN3Cc4ccccc4C3)c2)c1. The van der Waals surface area contributed by atoms with Crippen LogP contribution in [-0.4, -0.2) is 18.6 Å². The quantitative estimate of drug-likeness (QED) is 0.123. The lowest BCUT2D eigenvalue weighted by Crippen LogP contribution is -2.13. The molecule has 2 aliphatic rings. The molecule has 0 bridgehead atoms. The van der Waals surface area contributed by atoms with Gasteiger partial charge in [-0.15, -0.1) is 0 Å². The summed E-state index contributed by atoms with van der Waals surface area (Å²) in [6.07, 6.45) is 7.38. The second kappa shape index (κ2) is 17.6. The van der Waals surface area contributed by atoms with Gasteiger partial charge >= 0.3 is 0 Å². The third-order valence-electron chi connectivity index (χ3n) is 8.68. The molecule has 0 spiro atoms. The summed E-state index contributed by atoms with van der Waals surface area (Å²) in [5.41, 5.74) is 10.9. The van der Waals surface area contributed by atoms with Gasteiger partial charge in [0.1, 0.15) is 0 Å². The van der Waals surface area contributed by atoms with Crippen molar-refractivity contribution in [2.24, 2.45) is 0 Å². The molecule has 2 aromatic heterocycles. The minimum atomic E-state index is 0.840. The minimum absolute atomic E-state index is 0.840. The Hall–Kier alpha value is -4.28. The van der Waals surface area contributed by atoms with E-state index in [0.29, 0.717) is 0 Å². The lowest BCUT2D eigenvalue weighted by Gasteiger charge is -2.14. The Morgan fingerprint density at radius 3 is 1.38 bits per heavy atom. The smallest absolute Gasteiger partial charge is 0.0351 e. The molecule has 6 nitrogen and oxygen atoms in total. The van der Waals surface area contributed by atoms with Crippen LogP contribution < -0.4 is 10.6 Å². The van der Waals surface area contributed by atoms with E-state index in [-0.39, 0.29) is 0 Å². The summed E-state index contributed by atoms with van der Waals surface area (Å²) in [5.74, 6) is 0. The zero-order valence-corrected chi connectivity index (χ0v) is 29.8. The van der Waals surface area contributed by atoms with Crippen molar-refractivity contribution in [1.82, 2.24) is 29.2 Å². The molecular weight excluding hydrogens is 653 g/mol. The van der Waals surface area contributed by atoms with Crippen LogP contribution in [0.3, 0.4) is 0 Å². The molecule has 50 heavy (non-hydrogen) atoms. The normalized spacial score (nSPS) is 13.8.